The molecule has 0 saturated heterocycles. The highest BCUT2D eigenvalue weighted by atomic mass is 31.2. The molecule has 0 aliphatic carbocycles. The van der Waals surface area contributed by atoms with Crippen LogP contribution in [0.15, 0.2) is 24.3 Å². The van der Waals surface area contributed by atoms with E-state index in [1.807, 2.05) is 21.1 Å². The number of phosphoric ester groups is 1. The Balaban J connectivity index is 4.07. The number of likely N-dealkylation sites (N-methyl/N-ethyl adjacent to an activating group) is 1. The van der Waals surface area contributed by atoms with E-state index in [2.05, 4.69) is 38.2 Å². The third kappa shape index (κ3) is 53.8. The van der Waals surface area contributed by atoms with Crippen LogP contribution in [0.5, 0.6) is 0 Å². The molecule has 0 radical (unpaired) electrons. The average molecular weight is 941 g/mol. The SMILES string of the molecule is CCCCCCCC/C=C\CCCCCCCCCCCCOCC(COP(=O)(O)OCC[N+](C)(C)C)OC(=O)CCCCCCCCCCCCC/C=C\CCCCCCCCCC. The van der Waals surface area contributed by atoms with E-state index in [4.69, 9.17) is 18.5 Å². The number of hydrogen-bond donors (Lipinski definition) is 1. The summed E-state index contributed by atoms with van der Waals surface area (Å²) in [4.78, 5) is 23.1. The second kappa shape index (κ2) is 49.4. The lowest BCUT2D eigenvalue weighted by Crippen LogP contribution is -2.37. The van der Waals surface area contributed by atoms with Gasteiger partial charge >= 0.3 is 13.8 Å². The number of esters is 1. The van der Waals surface area contributed by atoms with Gasteiger partial charge in [0.05, 0.1) is 34.4 Å². The highest BCUT2D eigenvalue weighted by Gasteiger charge is 2.26. The minimum atomic E-state index is -4.28. The maximum atomic E-state index is 12.8. The molecular formula is C56H111NO7P+. The number of ether oxygens (including phenoxy) is 2. The predicted molar refractivity (Wildman–Crippen MR) is 280 cm³/mol. The molecule has 0 aliphatic rings. The number of rotatable bonds is 53. The molecule has 65 heavy (non-hydrogen) atoms. The number of hydrogen-bond acceptors (Lipinski definition) is 6. The van der Waals surface area contributed by atoms with Crippen LogP contribution in [0, 0.1) is 0 Å². The van der Waals surface area contributed by atoms with E-state index >= 15 is 0 Å². The van der Waals surface area contributed by atoms with Gasteiger partial charge in [0.1, 0.15) is 19.3 Å². The molecule has 2 unspecified atom stereocenters. The molecule has 0 bridgehead atoms. The first kappa shape index (κ1) is 64.0. The smallest absolute Gasteiger partial charge is 0.457 e. The van der Waals surface area contributed by atoms with Crippen molar-refractivity contribution in [2.75, 3.05) is 54.1 Å². The molecule has 386 valence electrons. The Morgan fingerprint density at radius 1 is 0.462 bits per heavy atom. The molecule has 2 atom stereocenters. The molecule has 8 nitrogen and oxygen atoms in total. The molecule has 0 saturated carbocycles. The van der Waals surface area contributed by atoms with Gasteiger partial charge in [-0.25, -0.2) is 4.57 Å². The van der Waals surface area contributed by atoms with Crippen molar-refractivity contribution in [3.63, 3.8) is 0 Å². The lowest BCUT2D eigenvalue weighted by Gasteiger charge is -2.24. The Morgan fingerprint density at radius 3 is 1.17 bits per heavy atom. The van der Waals surface area contributed by atoms with Crippen molar-refractivity contribution in [2.45, 2.75) is 277 Å². The van der Waals surface area contributed by atoms with E-state index in [0.29, 0.717) is 24.1 Å². The van der Waals surface area contributed by atoms with E-state index < -0.39 is 13.9 Å². The summed E-state index contributed by atoms with van der Waals surface area (Å²) >= 11 is 0. The molecule has 0 rings (SSSR count). The Labute approximate surface area is 404 Å². The quantitative estimate of drug-likeness (QED) is 0.0213. The molecule has 9 heteroatoms. The molecule has 0 aromatic heterocycles. The summed E-state index contributed by atoms with van der Waals surface area (Å²) in [5.41, 5.74) is 0. The van der Waals surface area contributed by atoms with Gasteiger partial charge in [0.2, 0.25) is 0 Å². The first-order valence-electron chi connectivity index (χ1n) is 28.1. The summed E-state index contributed by atoms with van der Waals surface area (Å²) in [7, 11) is 1.68. The number of phosphoric acid groups is 1. The van der Waals surface area contributed by atoms with E-state index in [1.165, 1.54) is 218 Å². The minimum Gasteiger partial charge on any atom is -0.457 e. The van der Waals surface area contributed by atoms with Crippen LogP contribution in [0.25, 0.3) is 0 Å². The van der Waals surface area contributed by atoms with E-state index in [0.717, 1.165) is 32.1 Å². The molecule has 0 aromatic rings. The van der Waals surface area contributed by atoms with Crippen molar-refractivity contribution < 1.29 is 37.3 Å². The fourth-order valence-electron chi connectivity index (χ4n) is 8.13. The van der Waals surface area contributed by atoms with Gasteiger partial charge in [0.15, 0.2) is 0 Å². The summed E-state index contributed by atoms with van der Waals surface area (Å²) in [6.07, 6.45) is 59.5. The van der Waals surface area contributed by atoms with Crippen LogP contribution in [-0.4, -0.2) is 75.6 Å². The van der Waals surface area contributed by atoms with Gasteiger partial charge in [-0.05, 0) is 64.2 Å². The largest absolute Gasteiger partial charge is 0.472 e. The number of unbranched alkanes of at least 4 members (excludes halogenated alkanes) is 35. The van der Waals surface area contributed by atoms with Crippen LogP contribution in [0.4, 0.5) is 0 Å². The zero-order valence-corrected chi connectivity index (χ0v) is 44.9. The third-order valence-electron chi connectivity index (χ3n) is 12.5. The van der Waals surface area contributed by atoms with Crippen LogP contribution < -0.4 is 0 Å². The highest BCUT2D eigenvalue weighted by molar-refractivity contribution is 7.47. The molecule has 0 heterocycles. The molecule has 0 fully saturated rings. The van der Waals surface area contributed by atoms with Gasteiger partial charge in [-0.3, -0.25) is 13.8 Å². The van der Waals surface area contributed by atoms with Crippen molar-refractivity contribution >= 4 is 13.8 Å². The van der Waals surface area contributed by atoms with Crippen LogP contribution >= 0.6 is 7.82 Å². The zero-order valence-electron chi connectivity index (χ0n) is 44.0. The third-order valence-corrected chi connectivity index (χ3v) is 13.5. The van der Waals surface area contributed by atoms with Crippen LogP contribution in [-0.2, 0) is 27.9 Å². The van der Waals surface area contributed by atoms with Gasteiger partial charge in [-0.2, -0.15) is 0 Å². The van der Waals surface area contributed by atoms with Crippen molar-refractivity contribution in [1.29, 1.82) is 0 Å². The van der Waals surface area contributed by atoms with Gasteiger partial charge in [-0.1, -0.05) is 224 Å². The zero-order chi connectivity index (χ0) is 47.6. The van der Waals surface area contributed by atoms with Gasteiger partial charge < -0.3 is 18.9 Å². The number of allylic oxidation sites excluding steroid dienone is 4. The summed E-state index contributed by atoms with van der Waals surface area (Å²) in [6, 6.07) is 0. The molecule has 0 spiro atoms. The van der Waals surface area contributed by atoms with E-state index in [9.17, 15) is 14.3 Å². The first-order chi connectivity index (χ1) is 31.6. The highest BCUT2D eigenvalue weighted by Crippen LogP contribution is 2.43. The van der Waals surface area contributed by atoms with Crippen LogP contribution in [0.2, 0.25) is 0 Å². The fraction of sp³-hybridized carbons (Fsp3) is 0.911. The van der Waals surface area contributed by atoms with Crippen molar-refractivity contribution in [3.05, 3.63) is 24.3 Å². The minimum absolute atomic E-state index is 0.0903. The molecule has 0 amide bonds. The summed E-state index contributed by atoms with van der Waals surface area (Å²) < 4.78 is 35.2. The molecule has 1 N–H and O–H groups in total. The molecule has 0 aromatic carbocycles. The maximum Gasteiger partial charge on any atom is 0.472 e. The number of carbonyl (C=O) groups excluding carboxylic acids is 1. The van der Waals surface area contributed by atoms with Crippen molar-refractivity contribution in [2.24, 2.45) is 0 Å². The van der Waals surface area contributed by atoms with Crippen LogP contribution in [0.3, 0.4) is 0 Å². The van der Waals surface area contributed by atoms with E-state index in [1.54, 1.807) is 0 Å². The standard InChI is InChI=1S/C56H110NO7P/c1-6-8-10-12-14-16-18-20-22-24-26-28-29-30-31-33-35-37-39-41-43-45-47-49-56(58)64-55(54-63-65(59,60)62-52-50-57(3,4)5)53-61-51-48-46-44-42-40-38-36-34-32-27-25-23-21-19-17-15-13-11-9-7-2/h21,23-24,26,55H,6-20,22,25,27-54H2,1-5H3/p+1/b23-21-,26-24-. The maximum absolute atomic E-state index is 12.8. The Bertz CT molecular complexity index is 1090. The summed E-state index contributed by atoms with van der Waals surface area (Å²) in [6.45, 7) is 5.67. The number of nitrogens with zero attached hydrogens (tertiary/aromatic N) is 1. The second-order valence-electron chi connectivity index (χ2n) is 20.3. The Hall–Kier alpha value is -1.02. The van der Waals surface area contributed by atoms with Crippen LogP contribution in [0.1, 0.15) is 271 Å². The number of carbonyl (C=O) groups is 1. The van der Waals surface area contributed by atoms with Gasteiger partial charge in [-0.15, -0.1) is 0 Å². The lowest BCUT2D eigenvalue weighted by atomic mass is 10.0. The number of quaternary nitrogens is 1. The molecule has 0 aliphatic heterocycles. The average Bonchev–Trinajstić information content (AvgIpc) is 3.27. The Morgan fingerprint density at radius 2 is 0.800 bits per heavy atom. The first-order valence-corrected chi connectivity index (χ1v) is 29.6. The Kier molecular flexibility index (Phi) is 48.6. The summed E-state index contributed by atoms with van der Waals surface area (Å²) in [5.74, 6) is -0.310. The van der Waals surface area contributed by atoms with E-state index in [-0.39, 0.29) is 25.8 Å². The normalized spacial score (nSPS) is 13.6. The van der Waals surface area contributed by atoms with Crippen molar-refractivity contribution in [3.8, 4) is 0 Å². The molecular weight excluding hydrogens is 830 g/mol. The summed E-state index contributed by atoms with van der Waals surface area (Å²) in [5, 5.41) is 0. The monoisotopic (exact) mass is 941 g/mol. The lowest BCUT2D eigenvalue weighted by molar-refractivity contribution is -0.870. The van der Waals surface area contributed by atoms with Crippen molar-refractivity contribution in [1.82, 2.24) is 0 Å². The van der Waals surface area contributed by atoms with Gasteiger partial charge in [0, 0.05) is 13.0 Å². The van der Waals surface area contributed by atoms with Gasteiger partial charge in [0.25, 0.3) is 0 Å². The second-order valence-corrected chi connectivity index (χ2v) is 21.8. The topological polar surface area (TPSA) is 91.3 Å². The fourth-order valence-corrected chi connectivity index (χ4v) is 8.87. The predicted octanol–water partition coefficient (Wildman–Crippen LogP) is 17.5.